The second-order valence-corrected chi connectivity index (χ2v) is 9.91. The van der Waals surface area contributed by atoms with Gasteiger partial charge in [0, 0.05) is 10.9 Å². The summed E-state index contributed by atoms with van der Waals surface area (Å²) in [5.74, 6) is 0.525. The molecular weight excluding hydrogens is 434 g/mol. The minimum absolute atomic E-state index is 0.199. The number of ether oxygens (including phenoxy) is 1. The van der Waals surface area contributed by atoms with E-state index in [0.29, 0.717) is 17.1 Å². The van der Waals surface area contributed by atoms with E-state index >= 15 is 0 Å². The van der Waals surface area contributed by atoms with Gasteiger partial charge in [-0.05, 0) is 46.1 Å². The van der Waals surface area contributed by atoms with Crippen molar-refractivity contribution in [3.8, 4) is 11.3 Å². The molecule has 3 aromatic rings. The maximum absolute atomic E-state index is 12.8. The molecule has 0 spiro atoms. The minimum Gasteiger partial charge on any atom is -0.444 e. The Morgan fingerprint density at radius 3 is 2.61 bits per heavy atom. The van der Waals surface area contributed by atoms with Crippen molar-refractivity contribution in [3.63, 3.8) is 0 Å². The Morgan fingerprint density at radius 1 is 1.26 bits per heavy atom. The zero-order chi connectivity index (χ0) is 22.6. The smallest absolute Gasteiger partial charge is 0.408 e. The van der Waals surface area contributed by atoms with Gasteiger partial charge in [0.2, 0.25) is 10.9 Å². The van der Waals surface area contributed by atoms with Gasteiger partial charge in [0.25, 0.3) is 5.95 Å². The van der Waals surface area contributed by atoms with Crippen LogP contribution in [-0.4, -0.2) is 50.2 Å². The quantitative estimate of drug-likeness (QED) is 0.543. The van der Waals surface area contributed by atoms with Crippen molar-refractivity contribution in [2.45, 2.75) is 45.8 Å². The number of carbonyl (C=O) groups excluding carboxylic acids is 2. The van der Waals surface area contributed by atoms with E-state index in [4.69, 9.17) is 4.74 Å². The molecule has 2 amide bonds. The van der Waals surface area contributed by atoms with Crippen LogP contribution in [0.25, 0.3) is 16.2 Å². The third-order valence-corrected chi connectivity index (χ3v) is 5.74. The number of thiazole rings is 1. The molecule has 166 valence electrons. The number of anilines is 1. The summed E-state index contributed by atoms with van der Waals surface area (Å²) in [5, 5.41) is 11.8. The third kappa shape index (κ3) is 6.20. The van der Waals surface area contributed by atoms with Gasteiger partial charge in [-0.25, -0.2) is 9.31 Å². The molecule has 0 saturated heterocycles. The SMILES string of the molecule is CSCCC(NC(=O)OC(C)(C)C)C(=O)Nc1nc2scc(-c3ccc(C)cc3)n2n1. The first-order valence-electron chi connectivity index (χ1n) is 9.87. The molecule has 0 aliphatic carbocycles. The molecule has 0 aliphatic rings. The van der Waals surface area contributed by atoms with Crippen molar-refractivity contribution in [1.29, 1.82) is 0 Å². The van der Waals surface area contributed by atoms with Gasteiger partial charge >= 0.3 is 6.09 Å². The van der Waals surface area contributed by atoms with E-state index in [9.17, 15) is 9.59 Å². The Balaban J connectivity index is 1.75. The second kappa shape index (κ2) is 9.69. The molecule has 2 N–H and O–H groups in total. The minimum atomic E-state index is -0.750. The molecule has 1 atom stereocenters. The molecule has 10 heteroatoms. The van der Waals surface area contributed by atoms with Gasteiger partial charge in [-0.15, -0.1) is 16.4 Å². The monoisotopic (exact) mass is 461 g/mol. The van der Waals surface area contributed by atoms with Crippen LogP contribution in [0.3, 0.4) is 0 Å². The van der Waals surface area contributed by atoms with Crippen LogP contribution in [0, 0.1) is 6.92 Å². The summed E-state index contributed by atoms with van der Waals surface area (Å²) < 4.78 is 7.00. The fraction of sp³-hybridized carbons (Fsp3) is 0.429. The van der Waals surface area contributed by atoms with Crippen LogP contribution in [0.1, 0.15) is 32.8 Å². The van der Waals surface area contributed by atoms with Crippen LogP contribution >= 0.6 is 23.1 Å². The predicted octanol–water partition coefficient (Wildman–Crippen LogP) is 4.35. The number of benzene rings is 1. The highest BCUT2D eigenvalue weighted by Gasteiger charge is 2.25. The topological polar surface area (TPSA) is 97.6 Å². The van der Waals surface area contributed by atoms with E-state index in [1.165, 1.54) is 16.9 Å². The molecule has 0 fully saturated rings. The summed E-state index contributed by atoms with van der Waals surface area (Å²) in [6.07, 6.45) is 1.78. The van der Waals surface area contributed by atoms with E-state index in [1.54, 1.807) is 37.0 Å². The first kappa shape index (κ1) is 23.1. The van der Waals surface area contributed by atoms with Crippen LogP contribution in [-0.2, 0) is 9.53 Å². The highest BCUT2D eigenvalue weighted by molar-refractivity contribution is 7.98. The van der Waals surface area contributed by atoms with E-state index in [1.807, 2.05) is 42.8 Å². The number of amides is 2. The molecule has 1 unspecified atom stereocenters. The van der Waals surface area contributed by atoms with Crippen LogP contribution in [0.5, 0.6) is 0 Å². The summed E-state index contributed by atoms with van der Waals surface area (Å²) in [7, 11) is 0. The summed E-state index contributed by atoms with van der Waals surface area (Å²) >= 11 is 3.04. The predicted molar refractivity (Wildman–Crippen MR) is 126 cm³/mol. The lowest BCUT2D eigenvalue weighted by molar-refractivity contribution is -0.118. The van der Waals surface area contributed by atoms with Gasteiger partial charge < -0.3 is 10.1 Å². The number of hydrogen-bond donors (Lipinski definition) is 2. The standard InChI is InChI=1S/C21H27N5O3S2/c1-13-6-8-14(9-7-13)16-12-31-19-24-18(25-26(16)19)23-17(27)15(10-11-30-5)22-20(28)29-21(2,3)4/h6-9,12,15H,10-11H2,1-5H3,(H,22,28)(H,23,25,27). The largest absolute Gasteiger partial charge is 0.444 e. The van der Waals surface area contributed by atoms with Crippen molar-refractivity contribution >= 4 is 46.0 Å². The fourth-order valence-corrected chi connectivity index (χ4v) is 4.11. The maximum Gasteiger partial charge on any atom is 0.408 e. The molecule has 0 saturated carbocycles. The molecule has 0 bridgehead atoms. The van der Waals surface area contributed by atoms with Gasteiger partial charge in [-0.2, -0.15) is 16.7 Å². The number of carbonyl (C=O) groups is 2. The number of hydrogen-bond acceptors (Lipinski definition) is 7. The summed E-state index contributed by atoms with van der Waals surface area (Å²) in [6, 6.07) is 7.38. The average molecular weight is 462 g/mol. The number of nitrogens with zero attached hydrogens (tertiary/aromatic N) is 3. The molecule has 2 aromatic heterocycles. The molecular formula is C21H27N5O3S2. The number of alkyl carbamates (subject to hydrolysis) is 1. The Bertz CT molecular complexity index is 1050. The zero-order valence-electron chi connectivity index (χ0n) is 18.3. The van der Waals surface area contributed by atoms with E-state index in [-0.39, 0.29) is 11.9 Å². The van der Waals surface area contributed by atoms with Crippen molar-refractivity contribution in [1.82, 2.24) is 19.9 Å². The van der Waals surface area contributed by atoms with Gasteiger partial charge in [0.1, 0.15) is 11.6 Å². The highest BCUT2D eigenvalue weighted by atomic mass is 32.2. The van der Waals surface area contributed by atoms with E-state index in [0.717, 1.165) is 11.3 Å². The Hall–Kier alpha value is -2.59. The average Bonchev–Trinajstić information content (AvgIpc) is 3.24. The van der Waals surface area contributed by atoms with Crippen LogP contribution in [0.4, 0.5) is 10.7 Å². The van der Waals surface area contributed by atoms with Crippen molar-refractivity contribution < 1.29 is 14.3 Å². The first-order chi connectivity index (χ1) is 14.7. The number of nitrogens with one attached hydrogen (secondary N) is 2. The third-order valence-electron chi connectivity index (χ3n) is 4.28. The summed E-state index contributed by atoms with van der Waals surface area (Å²) in [5.41, 5.74) is 2.45. The molecule has 1 aromatic carbocycles. The van der Waals surface area contributed by atoms with Gasteiger partial charge in [0.05, 0.1) is 5.69 Å². The number of aryl methyl sites for hydroxylation is 1. The molecule has 0 aliphatic heterocycles. The van der Waals surface area contributed by atoms with Crippen LogP contribution in [0.15, 0.2) is 29.6 Å². The van der Waals surface area contributed by atoms with Crippen molar-refractivity contribution in [2.24, 2.45) is 0 Å². The van der Waals surface area contributed by atoms with Crippen molar-refractivity contribution in [2.75, 3.05) is 17.3 Å². The van der Waals surface area contributed by atoms with Gasteiger partial charge in [0.15, 0.2) is 0 Å². The highest BCUT2D eigenvalue weighted by Crippen LogP contribution is 2.26. The number of thioether (sulfide) groups is 1. The second-order valence-electron chi connectivity index (χ2n) is 8.09. The lowest BCUT2D eigenvalue weighted by atomic mass is 10.1. The summed E-state index contributed by atoms with van der Waals surface area (Å²) in [6.45, 7) is 7.36. The van der Waals surface area contributed by atoms with E-state index < -0.39 is 17.7 Å². The van der Waals surface area contributed by atoms with Crippen molar-refractivity contribution in [3.05, 3.63) is 35.2 Å². The lowest BCUT2D eigenvalue weighted by Crippen LogP contribution is -2.46. The number of fused-ring (bicyclic) bond motifs is 1. The van der Waals surface area contributed by atoms with Crippen LogP contribution < -0.4 is 10.6 Å². The molecule has 31 heavy (non-hydrogen) atoms. The normalized spacial score (nSPS) is 12.5. The van der Waals surface area contributed by atoms with Crippen LogP contribution in [0.2, 0.25) is 0 Å². The van der Waals surface area contributed by atoms with E-state index in [2.05, 4.69) is 20.7 Å². The van der Waals surface area contributed by atoms with Gasteiger partial charge in [-0.3, -0.25) is 10.1 Å². The number of rotatable bonds is 7. The summed E-state index contributed by atoms with van der Waals surface area (Å²) in [4.78, 5) is 30.1. The lowest BCUT2D eigenvalue weighted by Gasteiger charge is -2.22. The Kier molecular flexibility index (Phi) is 7.22. The maximum atomic E-state index is 12.8. The number of aromatic nitrogens is 3. The molecule has 2 heterocycles. The Morgan fingerprint density at radius 2 is 1.97 bits per heavy atom. The molecule has 0 radical (unpaired) electrons. The Labute approximate surface area is 189 Å². The molecule has 3 rings (SSSR count). The van der Waals surface area contributed by atoms with Gasteiger partial charge in [-0.1, -0.05) is 29.8 Å². The molecule has 8 nitrogen and oxygen atoms in total. The zero-order valence-corrected chi connectivity index (χ0v) is 19.9. The first-order valence-corrected chi connectivity index (χ1v) is 12.1. The fourth-order valence-electron chi connectivity index (χ4n) is 2.81.